The number of hydrogen-bond donors (Lipinski definition) is 3. The van der Waals surface area contributed by atoms with Crippen molar-refractivity contribution in [3.8, 4) is 11.5 Å². The Balaban J connectivity index is 2.50. The van der Waals surface area contributed by atoms with Crippen molar-refractivity contribution < 1.29 is 19.1 Å². The van der Waals surface area contributed by atoms with Crippen LogP contribution in [-0.4, -0.2) is 45.3 Å². The van der Waals surface area contributed by atoms with Gasteiger partial charge in [0.2, 0.25) is 5.91 Å². The largest absolute Gasteiger partial charge is 0.493 e. The summed E-state index contributed by atoms with van der Waals surface area (Å²) < 4.78 is 10.5. The molecule has 1 aromatic carbocycles. The fourth-order valence-corrected chi connectivity index (χ4v) is 2.63. The zero-order chi connectivity index (χ0) is 20.1. The molecule has 0 fully saturated rings. The van der Waals surface area contributed by atoms with Crippen molar-refractivity contribution in [2.24, 2.45) is 0 Å². The van der Waals surface area contributed by atoms with Crippen LogP contribution >= 0.6 is 0 Å². The molecule has 0 aliphatic carbocycles. The molecule has 0 saturated heterocycles. The maximum Gasteiger partial charge on any atom is 0.315 e. The molecule has 0 saturated carbocycles. The second kappa shape index (κ2) is 12.8. The first-order valence-electron chi connectivity index (χ1n) is 9.58. The molecule has 1 atom stereocenters. The van der Waals surface area contributed by atoms with Gasteiger partial charge in [0, 0.05) is 13.1 Å². The summed E-state index contributed by atoms with van der Waals surface area (Å²) in [5.41, 5.74) is 1.03. The third-order valence-corrected chi connectivity index (χ3v) is 4.18. The van der Waals surface area contributed by atoms with Gasteiger partial charge in [-0.15, -0.1) is 0 Å². The van der Waals surface area contributed by atoms with E-state index >= 15 is 0 Å². The highest BCUT2D eigenvalue weighted by Gasteiger charge is 2.19. The zero-order valence-corrected chi connectivity index (χ0v) is 16.9. The predicted octanol–water partition coefficient (Wildman–Crippen LogP) is 2.63. The topological polar surface area (TPSA) is 88.7 Å². The van der Waals surface area contributed by atoms with Crippen LogP contribution < -0.4 is 25.4 Å². The van der Waals surface area contributed by atoms with E-state index in [1.807, 2.05) is 25.1 Å². The summed E-state index contributed by atoms with van der Waals surface area (Å²) in [5.74, 6) is 1.17. The van der Waals surface area contributed by atoms with E-state index in [1.165, 1.54) is 0 Å². The number of amides is 3. The number of ether oxygens (including phenoxy) is 2. The quantitative estimate of drug-likeness (QED) is 0.487. The van der Waals surface area contributed by atoms with Gasteiger partial charge in [0.15, 0.2) is 11.5 Å². The molecule has 0 spiro atoms. The van der Waals surface area contributed by atoms with E-state index in [-0.39, 0.29) is 11.9 Å². The van der Waals surface area contributed by atoms with Gasteiger partial charge in [0.05, 0.1) is 14.2 Å². The number of methoxy groups -OCH3 is 2. The van der Waals surface area contributed by atoms with Crippen molar-refractivity contribution in [3.63, 3.8) is 0 Å². The smallest absolute Gasteiger partial charge is 0.315 e. The van der Waals surface area contributed by atoms with Crippen molar-refractivity contribution in [2.45, 2.75) is 52.0 Å². The van der Waals surface area contributed by atoms with Crippen LogP contribution in [0.5, 0.6) is 11.5 Å². The molecule has 1 aromatic rings. The van der Waals surface area contributed by atoms with Gasteiger partial charge in [0.1, 0.15) is 6.04 Å². The number of carbonyl (C=O) groups is 2. The van der Waals surface area contributed by atoms with Gasteiger partial charge in [-0.2, -0.15) is 0 Å². The molecule has 0 aliphatic rings. The Morgan fingerprint density at radius 2 is 1.74 bits per heavy atom. The van der Waals surface area contributed by atoms with E-state index in [0.717, 1.165) is 24.8 Å². The van der Waals surface area contributed by atoms with Crippen molar-refractivity contribution in [1.82, 2.24) is 16.0 Å². The highest BCUT2D eigenvalue weighted by atomic mass is 16.5. The second-order valence-corrected chi connectivity index (χ2v) is 6.33. The van der Waals surface area contributed by atoms with Crippen LogP contribution in [0.25, 0.3) is 0 Å². The number of nitrogens with one attached hydrogen (secondary N) is 3. The van der Waals surface area contributed by atoms with Gasteiger partial charge in [-0.05, 0) is 37.0 Å². The van der Waals surface area contributed by atoms with Gasteiger partial charge in [0.25, 0.3) is 0 Å². The molecule has 3 N–H and O–H groups in total. The van der Waals surface area contributed by atoms with Crippen molar-refractivity contribution in [2.75, 3.05) is 27.3 Å². The van der Waals surface area contributed by atoms with Crippen LogP contribution in [0, 0.1) is 0 Å². The Kier molecular flexibility index (Phi) is 10.7. The Morgan fingerprint density at radius 3 is 2.37 bits per heavy atom. The van der Waals surface area contributed by atoms with Crippen LogP contribution in [0.3, 0.4) is 0 Å². The van der Waals surface area contributed by atoms with Crippen molar-refractivity contribution >= 4 is 11.9 Å². The lowest BCUT2D eigenvalue weighted by molar-refractivity contribution is -0.123. The number of hydrogen-bond acceptors (Lipinski definition) is 4. The molecule has 0 heterocycles. The monoisotopic (exact) mass is 379 g/mol. The second-order valence-electron chi connectivity index (χ2n) is 6.33. The summed E-state index contributed by atoms with van der Waals surface area (Å²) in [6, 6.07) is 4.86. The Hall–Kier alpha value is -2.44. The highest BCUT2D eigenvalue weighted by molar-refractivity contribution is 5.86. The fraction of sp³-hybridized carbons (Fsp3) is 0.600. The molecule has 0 aliphatic heterocycles. The number of benzene rings is 1. The summed E-state index contributed by atoms with van der Waals surface area (Å²) in [4.78, 5) is 24.3. The van der Waals surface area contributed by atoms with Crippen molar-refractivity contribution in [1.29, 1.82) is 0 Å². The van der Waals surface area contributed by atoms with Gasteiger partial charge in [-0.3, -0.25) is 4.79 Å². The number of carbonyl (C=O) groups excluding carboxylic acids is 2. The van der Waals surface area contributed by atoms with E-state index < -0.39 is 6.04 Å². The molecule has 1 unspecified atom stereocenters. The molecule has 0 radical (unpaired) electrons. The number of unbranched alkanes of at least 4 members (excludes halogenated alkanes) is 1. The van der Waals surface area contributed by atoms with Crippen molar-refractivity contribution in [3.05, 3.63) is 23.8 Å². The average molecular weight is 380 g/mol. The van der Waals surface area contributed by atoms with E-state index in [0.29, 0.717) is 37.4 Å². The summed E-state index contributed by atoms with van der Waals surface area (Å²) in [6.07, 6.45) is 4.00. The maximum absolute atomic E-state index is 12.4. The molecule has 7 nitrogen and oxygen atoms in total. The van der Waals surface area contributed by atoms with E-state index in [1.54, 1.807) is 14.2 Å². The first-order valence-corrected chi connectivity index (χ1v) is 9.58. The number of rotatable bonds is 12. The Labute approximate surface area is 162 Å². The SMILES string of the molecule is CCCCNC(=O)NC(CCC)C(=O)NCCc1ccc(OC)c(OC)c1. The summed E-state index contributed by atoms with van der Waals surface area (Å²) in [6.45, 7) is 5.14. The minimum absolute atomic E-state index is 0.164. The molecule has 152 valence electrons. The first-order chi connectivity index (χ1) is 13.0. The van der Waals surface area contributed by atoms with Crippen LogP contribution in [-0.2, 0) is 11.2 Å². The summed E-state index contributed by atoms with van der Waals surface area (Å²) >= 11 is 0. The first kappa shape index (κ1) is 22.6. The Bertz CT molecular complexity index is 593. The molecular weight excluding hydrogens is 346 g/mol. The highest BCUT2D eigenvalue weighted by Crippen LogP contribution is 2.27. The van der Waals surface area contributed by atoms with Gasteiger partial charge in [-0.25, -0.2) is 4.79 Å². The molecule has 7 heteroatoms. The standard InChI is InChI=1S/C20H33N3O4/c1-5-7-12-22-20(25)23-16(8-6-2)19(24)21-13-11-15-9-10-17(26-3)18(14-15)27-4/h9-10,14,16H,5-8,11-13H2,1-4H3,(H,21,24)(H2,22,23,25). The maximum atomic E-state index is 12.4. The van der Waals surface area contributed by atoms with E-state index in [4.69, 9.17) is 9.47 Å². The van der Waals surface area contributed by atoms with E-state index in [2.05, 4.69) is 22.9 Å². The van der Waals surface area contributed by atoms with E-state index in [9.17, 15) is 9.59 Å². The lowest BCUT2D eigenvalue weighted by Gasteiger charge is -2.18. The summed E-state index contributed by atoms with van der Waals surface area (Å²) in [7, 11) is 3.19. The van der Waals surface area contributed by atoms with Gasteiger partial charge < -0.3 is 25.4 Å². The normalized spacial score (nSPS) is 11.4. The van der Waals surface area contributed by atoms with Crippen LogP contribution in [0.1, 0.15) is 45.1 Å². The molecule has 27 heavy (non-hydrogen) atoms. The summed E-state index contributed by atoms with van der Waals surface area (Å²) in [5, 5.41) is 8.44. The average Bonchev–Trinajstić information content (AvgIpc) is 2.67. The minimum Gasteiger partial charge on any atom is -0.493 e. The lowest BCUT2D eigenvalue weighted by atomic mass is 10.1. The zero-order valence-electron chi connectivity index (χ0n) is 16.9. The number of urea groups is 1. The van der Waals surface area contributed by atoms with Gasteiger partial charge in [-0.1, -0.05) is 32.8 Å². The molecule has 1 rings (SSSR count). The van der Waals surface area contributed by atoms with Crippen LogP contribution in [0.2, 0.25) is 0 Å². The fourth-order valence-electron chi connectivity index (χ4n) is 2.63. The molecular formula is C20H33N3O4. The molecule has 0 bridgehead atoms. The third-order valence-electron chi connectivity index (χ3n) is 4.18. The van der Waals surface area contributed by atoms with Gasteiger partial charge >= 0.3 is 6.03 Å². The Morgan fingerprint density at radius 1 is 1.00 bits per heavy atom. The van der Waals surface area contributed by atoms with Crippen LogP contribution in [0.4, 0.5) is 4.79 Å². The lowest BCUT2D eigenvalue weighted by Crippen LogP contribution is -2.50. The van der Waals surface area contributed by atoms with Crippen LogP contribution in [0.15, 0.2) is 18.2 Å². The predicted molar refractivity (Wildman–Crippen MR) is 106 cm³/mol. The third kappa shape index (κ3) is 8.19. The molecule has 3 amide bonds. The minimum atomic E-state index is -0.526. The molecule has 0 aromatic heterocycles.